The topological polar surface area (TPSA) is 85.2 Å². The Hall–Kier alpha value is -1.78. The predicted octanol–water partition coefficient (Wildman–Crippen LogP) is 4.21. The number of aryl methyl sites for hydroxylation is 2. The summed E-state index contributed by atoms with van der Waals surface area (Å²) in [5, 5.41) is 10.5. The highest BCUT2D eigenvalue weighted by Crippen LogP contribution is 2.37. The molecule has 0 bridgehead atoms. The zero-order valence-corrected chi connectivity index (χ0v) is 19.6. The lowest BCUT2D eigenvalue weighted by molar-refractivity contribution is 0.0526. The number of thiophene rings is 1. The number of carbonyl (C=O) groups is 2. The molecule has 0 atom stereocenters. The van der Waals surface area contributed by atoms with Gasteiger partial charge in [-0.1, -0.05) is 12.8 Å². The highest BCUT2D eigenvalue weighted by molar-refractivity contribution is 9.10. The molecule has 0 unspecified atom stereocenters. The van der Waals surface area contributed by atoms with E-state index < -0.39 is 5.91 Å². The van der Waals surface area contributed by atoms with Gasteiger partial charge in [-0.2, -0.15) is 5.10 Å². The van der Waals surface area contributed by atoms with Crippen LogP contribution >= 0.6 is 39.5 Å². The monoisotopic (exact) mass is 498 g/mol. The largest absolute Gasteiger partial charge is 0.462 e. The standard InChI is InChI=1S/C19H23BrN4O3S2/c1-3-27-18(26)14-11-8-6-4-5-7-9-13(11)29-17(14)22-19(28)21-16(25)15-12(20)10-24(2)23-15/h10H,3-9H2,1-2H3,(H2,21,22,25,28). The minimum atomic E-state index is -0.428. The average Bonchev–Trinajstić information content (AvgIpc) is 3.14. The molecule has 1 aliphatic carbocycles. The van der Waals surface area contributed by atoms with Gasteiger partial charge in [0.05, 0.1) is 16.6 Å². The van der Waals surface area contributed by atoms with Gasteiger partial charge in [-0.25, -0.2) is 4.79 Å². The Morgan fingerprint density at radius 3 is 2.69 bits per heavy atom. The Balaban J connectivity index is 1.82. The second kappa shape index (κ2) is 9.82. The molecule has 29 heavy (non-hydrogen) atoms. The number of hydrogen-bond donors (Lipinski definition) is 2. The van der Waals surface area contributed by atoms with Crippen LogP contribution < -0.4 is 10.6 Å². The first-order valence-electron chi connectivity index (χ1n) is 9.53. The van der Waals surface area contributed by atoms with Gasteiger partial charge in [-0.05, 0) is 66.3 Å². The van der Waals surface area contributed by atoms with Crippen LogP contribution in [0.15, 0.2) is 10.7 Å². The second-order valence-electron chi connectivity index (χ2n) is 6.75. The van der Waals surface area contributed by atoms with Gasteiger partial charge in [-0.3, -0.25) is 14.8 Å². The van der Waals surface area contributed by atoms with E-state index in [9.17, 15) is 9.59 Å². The van der Waals surface area contributed by atoms with E-state index in [4.69, 9.17) is 17.0 Å². The zero-order valence-electron chi connectivity index (χ0n) is 16.3. The Morgan fingerprint density at radius 1 is 1.31 bits per heavy atom. The Morgan fingerprint density at radius 2 is 2.03 bits per heavy atom. The number of ether oxygens (including phenoxy) is 1. The highest BCUT2D eigenvalue weighted by atomic mass is 79.9. The van der Waals surface area contributed by atoms with Gasteiger partial charge in [0.2, 0.25) is 0 Å². The summed E-state index contributed by atoms with van der Waals surface area (Å²) in [5.41, 5.74) is 1.84. The first-order chi connectivity index (χ1) is 13.9. The Bertz CT molecular complexity index is 938. The number of anilines is 1. The molecule has 2 heterocycles. The number of carbonyl (C=O) groups excluding carboxylic acids is 2. The number of halogens is 1. The minimum Gasteiger partial charge on any atom is -0.462 e. The van der Waals surface area contributed by atoms with Gasteiger partial charge in [0.15, 0.2) is 10.8 Å². The van der Waals surface area contributed by atoms with Gasteiger partial charge >= 0.3 is 5.97 Å². The van der Waals surface area contributed by atoms with Crippen LogP contribution in [0.2, 0.25) is 0 Å². The summed E-state index contributed by atoms with van der Waals surface area (Å²) in [7, 11) is 1.73. The molecule has 1 amide bonds. The van der Waals surface area contributed by atoms with E-state index in [0.29, 0.717) is 21.6 Å². The van der Waals surface area contributed by atoms with E-state index in [1.165, 1.54) is 27.3 Å². The van der Waals surface area contributed by atoms with Crippen LogP contribution in [0.3, 0.4) is 0 Å². The lowest BCUT2D eigenvalue weighted by atomic mass is 9.96. The molecule has 0 saturated heterocycles. The van der Waals surface area contributed by atoms with Gasteiger partial charge in [0.25, 0.3) is 5.91 Å². The molecule has 7 nitrogen and oxygen atoms in total. The van der Waals surface area contributed by atoms with E-state index in [-0.39, 0.29) is 16.8 Å². The summed E-state index contributed by atoms with van der Waals surface area (Å²) < 4.78 is 7.40. The number of aromatic nitrogens is 2. The summed E-state index contributed by atoms with van der Waals surface area (Å²) in [6.07, 6.45) is 7.98. The number of esters is 1. The van der Waals surface area contributed by atoms with Crippen LogP contribution in [0, 0.1) is 0 Å². The quantitative estimate of drug-likeness (QED) is 0.485. The lowest BCUT2D eigenvalue weighted by Gasteiger charge is -2.12. The molecule has 0 radical (unpaired) electrons. The summed E-state index contributed by atoms with van der Waals surface area (Å²) in [6, 6.07) is 0. The summed E-state index contributed by atoms with van der Waals surface area (Å²) >= 11 is 10.2. The number of thiocarbonyl (C=S) groups is 1. The van der Waals surface area contributed by atoms with Crippen molar-refractivity contribution in [1.29, 1.82) is 0 Å². The summed E-state index contributed by atoms with van der Waals surface area (Å²) in [5.74, 6) is -0.780. The SMILES string of the molecule is CCOC(=O)c1c(NC(=S)NC(=O)c2nn(C)cc2Br)sc2c1CCCCCC2. The fourth-order valence-corrected chi connectivity index (χ4v) is 5.43. The molecule has 0 fully saturated rings. The first kappa shape index (κ1) is 21.9. The molecular formula is C19H23BrN4O3S2. The van der Waals surface area contributed by atoms with Crippen LogP contribution in [-0.4, -0.2) is 33.4 Å². The van der Waals surface area contributed by atoms with Gasteiger partial charge in [0, 0.05) is 18.1 Å². The molecule has 2 aromatic rings. The van der Waals surface area contributed by atoms with Crippen LogP contribution in [0.25, 0.3) is 0 Å². The van der Waals surface area contributed by atoms with Crippen molar-refractivity contribution in [2.45, 2.75) is 45.4 Å². The maximum atomic E-state index is 12.7. The Labute approximate surface area is 187 Å². The number of hydrogen-bond acceptors (Lipinski definition) is 6. The molecule has 156 valence electrons. The van der Waals surface area contributed by atoms with Crippen LogP contribution in [0.5, 0.6) is 0 Å². The zero-order chi connectivity index (χ0) is 21.0. The van der Waals surface area contributed by atoms with Gasteiger partial charge in [-0.15, -0.1) is 11.3 Å². The number of amides is 1. The van der Waals surface area contributed by atoms with E-state index in [2.05, 4.69) is 31.7 Å². The van der Waals surface area contributed by atoms with Crippen molar-refractivity contribution in [1.82, 2.24) is 15.1 Å². The lowest BCUT2D eigenvalue weighted by Crippen LogP contribution is -2.34. The first-order valence-corrected chi connectivity index (χ1v) is 11.6. The van der Waals surface area contributed by atoms with Crippen molar-refractivity contribution in [3.63, 3.8) is 0 Å². The molecule has 1 aliphatic rings. The molecular weight excluding hydrogens is 476 g/mol. The average molecular weight is 499 g/mol. The maximum absolute atomic E-state index is 12.7. The van der Waals surface area contributed by atoms with E-state index in [1.807, 2.05) is 0 Å². The van der Waals surface area contributed by atoms with E-state index in [1.54, 1.807) is 20.2 Å². The fraction of sp³-hybridized carbons (Fsp3) is 0.474. The van der Waals surface area contributed by atoms with E-state index in [0.717, 1.165) is 37.7 Å². The number of rotatable bonds is 4. The van der Waals surface area contributed by atoms with Crippen molar-refractivity contribution in [3.8, 4) is 0 Å². The van der Waals surface area contributed by atoms with Crippen LogP contribution in [0.4, 0.5) is 5.00 Å². The molecule has 0 aliphatic heterocycles. The fourth-order valence-electron chi connectivity index (χ4n) is 3.34. The summed E-state index contributed by atoms with van der Waals surface area (Å²) in [4.78, 5) is 26.3. The predicted molar refractivity (Wildman–Crippen MR) is 121 cm³/mol. The smallest absolute Gasteiger partial charge is 0.341 e. The van der Waals surface area contributed by atoms with Crippen LogP contribution in [0.1, 0.15) is 63.9 Å². The molecule has 0 saturated carbocycles. The molecule has 2 N–H and O–H groups in total. The van der Waals surface area contributed by atoms with Crippen molar-refractivity contribution < 1.29 is 14.3 Å². The third-order valence-corrected chi connectivity index (χ3v) is 6.60. The third kappa shape index (κ3) is 5.23. The second-order valence-corrected chi connectivity index (χ2v) is 9.12. The van der Waals surface area contributed by atoms with Crippen molar-refractivity contribution >= 4 is 61.5 Å². The van der Waals surface area contributed by atoms with E-state index >= 15 is 0 Å². The molecule has 0 aromatic carbocycles. The maximum Gasteiger partial charge on any atom is 0.341 e. The highest BCUT2D eigenvalue weighted by Gasteiger charge is 2.26. The van der Waals surface area contributed by atoms with Crippen LogP contribution in [-0.2, 0) is 24.6 Å². The van der Waals surface area contributed by atoms with Crippen molar-refractivity contribution in [2.24, 2.45) is 7.05 Å². The molecule has 3 rings (SSSR count). The number of fused-ring (bicyclic) bond motifs is 1. The van der Waals surface area contributed by atoms with Crippen molar-refractivity contribution in [2.75, 3.05) is 11.9 Å². The van der Waals surface area contributed by atoms with Crippen molar-refractivity contribution in [3.05, 3.63) is 32.4 Å². The third-order valence-electron chi connectivity index (χ3n) is 4.60. The minimum absolute atomic E-state index is 0.118. The molecule has 10 heteroatoms. The molecule has 2 aromatic heterocycles. The number of nitrogens with zero attached hydrogens (tertiary/aromatic N) is 2. The normalized spacial score (nSPS) is 13.8. The van der Waals surface area contributed by atoms with Gasteiger partial charge in [0.1, 0.15) is 5.00 Å². The Kier molecular flexibility index (Phi) is 7.42. The summed E-state index contributed by atoms with van der Waals surface area (Å²) in [6.45, 7) is 2.09. The molecule has 0 spiro atoms. The van der Waals surface area contributed by atoms with Gasteiger partial charge < -0.3 is 10.1 Å². The number of nitrogens with one attached hydrogen (secondary N) is 2.